The van der Waals surface area contributed by atoms with Crippen molar-refractivity contribution in [3.8, 4) is 16.9 Å². The molecule has 0 radical (unpaired) electrons. The van der Waals surface area contributed by atoms with E-state index in [0.717, 1.165) is 16.8 Å². The van der Waals surface area contributed by atoms with Gasteiger partial charge in [-0.15, -0.1) is 0 Å². The zero-order chi connectivity index (χ0) is 17.4. The number of nitrogens with two attached hydrogens (primary N) is 1. The van der Waals surface area contributed by atoms with Crippen molar-refractivity contribution >= 4 is 16.8 Å². The summed E-state index contributed by atoms with van der Waals surface area (Å²) in [5.74, 6) is -0.397. The Morgan fingerprint density at radius 3 is 2.71 bits per heavy atom. The minimum Gasteiger partial charge on any atom is -0.507 e. The van der Waals surface area contributed by atoms with Gasteiger partial charge < -0.3 is 20.3 Å². The lowest BCUT2D eigenvalue weighted by Crippen LogP contribution is -2.19. The van der Waals surface area contributed by atoms with Crippen LogP contribution in [0.1, 0.15) is 16.1 Å². The van der Waals surface area contributed by atoms with Crippen molar-refractivity contribution in [3.63, 3.8) is 0 Å². The summed E-state index contributed by atoms with van der Waals surface area (Å²) in [6, 6.07) is 7.17. The van der Waals surface area contributed by atoms with E-state index < -0.39 is 5.91 Å². The molecule has 0 spiro atoms. The van der Waals surface area contributed by atoms with Crippen LogP contribution in [0.5, 0.6) is 5.75 Å². The summed E-state index contributed by atoms with van der Waals surface area (Å²) in [6.07, 6.45) is 3.38. The molecule has 6 nitrogen and oxygen atoms in total. The van der Waals surface area contributed by atoms with Crippen LogP contribution in [0, 0.1) is 0 Å². The van der Waals surface area contributed by atoms with Gasteiger partial charge in [-0.25, -0.2) is 0 Å². The Kier molecular flexibility index (Phi) is 3.99. The number of phenolic OH excluding ortho intramolecular Hbond substituents is 1. The van der Waals surface area contributed by atoms with E-state index in [1.54, 1.807) is 18.5 Å². The summed E-state index contributed by atoms with van der Waals surface area (Å²) in [6.45, 7) is 0.576. The van der Waals surface area contributed by atoms with Crippen LogP contribution in [0.4, 0.5) is 0 Å². The fourth-order valence-corrected chi connectivity index (χ4v) is 3.04. The molecule has 24 heavy (non-hydrogen) atoms. The van der Waals surface area contributed by atoms with Crippen molar-refractivity contribution in [2.45, 2.75) is 6.54 Å². The third-order valence-electron chi connectivity index (χ3n) is 4.12. The minimum absolute atomic E-state index is 0.0972. The molecule has 0 aliphatic heterocycles. The fraction of sp³-hybridized carbons (Fsp3) is 0.222. The van der Waals surface area contributed by atoms with E-state index in [-0.39, 0.29) is 5.75 Å². The molecule has 6 heteroatoms. The first-order valence-corrected chi connectivity index (χ1v) is 7.59. The second kappa shape index (κ2) is 5.98. The predicted octanol–water partition coefficient (Wildman–Crippen LogP) is 2.11. The number of pyridine rings is 1. The molecule has 0 atom stereocenters. The number of hydrogen-bond acceptors (Lipinski definition) is 4. The molecule has 2 heterocycles. The second-order valence-electron chi connectivity index (χ2n) is 6.11. The van der Waals surface area contributed by atoms with Gasteiger partial charge >= 0.3 is 0 Å². The molecule has 124 valence electrons. The number of fused-ring (bicyclic) bond motifs is 1. The monoisotopic (exact) mass is 324 g/mol. The summed E-state index contributed by atoms with van der Waals surface area (Å²) in [7, 11) is 5.76. The van der Waals surface area contributed by atoms with E-state index in [9.17, 15) is 9.90 Å². The Balaban J connectivity index is 2.31. The van der Waals surface area contributed by atoms with Gasteiger partial charge in [0.05, 0.1) is 5.56 Å². The van der Waals surface area contributed by atoms with Crippen LogP contribution < -0.4 is 5.73 Å². The molecule has 0 aliphatic rings. The molecule has 0 unspecified atom stereocenters. The number of primary amides is 1. The minimum atomic E-state index is -0.494. The highest BCUT2D eigenvalue weighted by molar-refractivity contribution is 6.09. The standard InChI is InChI=1S/C18H20N4O2/c1-21(2)10-15-17(18(19)24)13-8-16(23)12(7-14(13)22(15)3)11-5-4-6-20-9-11/h4-9,23H,10H2,1-3H3,(H2,19,24). The molecule has 1 aromatic carbocycles. The van der Waals surface area contributed by atoms with Gasteiger partial charge in [-0.2, -0.15) is 0 Å². The number of aryl methyl sites for hydroxylation is 1. The number of aromatic hydroxyl groups is 1. The highest BCUT2D eigenvalue weighted by Crippen LogP contribution is 2.36. The lowest BCUT2D eigenvalue weighted by Gasteiger charge is -2.12. The van der Waals surface area contributed by atoms with Gasteiger partial charge in [0.15, 0.2) is 0 Å². The maximum Gasteiger partial charge on any atom is 0.251 e. The van der Waals surface area contributed by atoms with Crippen molar-refractivity contribution < 1.29 is 9.90 Å². The third-order valence-corrected chi connectivity index (χ3v) is 4.12. The quantitative estimate of drug-likeness (QED) is 0.770. The summed E-state index contributed by atoms with van der Waals surface area (Å²) in [5.41, 5.74) is 9.21. The molecule has 1 amide bonds. The van der Waals surface area contributed by atoms with Gasteiger partial charge in [-0.05, 0) is 32.3 Å². The summed E-state index contributed by atoms with van der Waals surface area (Å²) >= 11 is 0. The van der Waals surface area contributed by atoms with Gasteiger partial charge in [0.2, 0.25) is 0 Å². The SMILES string of the molecule is CN(C)Cc1c(C(N)=O)c2cc(O)c(-c3cccnc3)cc2n1C. The number of carbonyl (C=O) groups is 1. The molecule has 2 aromatic heterocycles. The average Bonchev–Trinajstić information content (AvgIpc) is 2.79. The molecule has 0 saturated carbocycles. The van der Waals surface area contributed by atoms with Gasteiger partial charge in [-0.1, -0.05) is 6.07 Å². The fourth-order valence-electron chi connectivity index (χ4n) is 3.04. The van der Waals surface area contributed by atoms with Crippen LogP contribution in [0.15, 0.2) is 36.7 Å². The van der Waals surface area contributed by atoms with Crippen molar-refractivity contribution in [3.05, 3.63) is 47.9 Å². The molecule has 0 aliphatic carbocycles. The first-order valence-electron chi connectivity index (χ1n) is 7.59. The molecule has 3 rings (SSSR count). The van der Waals surface area contributed by atoms with Gasteiger partial charge in [0.1, 0.15) is 5.75 Å². The maximum absolute atomic E-state index is 12.0. The molecule has 0 saturated heterocycles. The van der Waals surface area contributed by atoms with E-state index in [4.69, 9.17) is 5.73 Å². The van der Waals surface area contributed by atoms with Crippen molar-refractivity contribution in [2.24, 2.45) is 12.8 Å². The van der Waals surface area contributed by atoms with Crippen LogP contribution in [-0.4, -0.2) is 39.6 Å². The van der Waals surface area contributed by atoms with Crippen LogP contribution in [-0.2, 0) is 13.6 Å². The predicted molar refractivity (Wildman–Crippen MR) is 93.7 cm³/mol. The smallest absolute Gasteiger partial charge is 0.251 e. The van der Waals surface area contributed by atoms with Crippen molar-refractivity contribution in [1.29, 1.82) is 0 Å². The van der Waals surface area contributed by atoms with Crippen molar-refractivity contribution in [2.75, 3.05) is 14.1 Å². The lowest BCUT2D eigenvalue weighted by atomic mass is 10.0. The number of nitrogens with zero attached hydrogens (tertiary/aromatic N) is 3. The number of amides is 1. The van der Waals surface area contributed by atoms with E-state index in [1.807, 2.05) is 48.8 Å². The Labute approximate surface area is 140 Å². The lowest BCUT2D eigenvalue weighted by molar-refractivity contribution is 0.1000. The van der Waals surface area contributed by atoms with Crippen LogP contribution in [0.25, 0.3) is 22.0 Å². The normalized spacial score (nSPS) is 11.3. The Hall–Kier alpha value is -2.86. The number of phenols is 1. The molecule has 0 fully saturated rings. The molecule has 3 aromatic rings. The number of aromatic nitrogens is 2. The van der Waals surface area contributed by atoms with E-state index in [1.165, 1.54) is 0 Å². The summed E-state index contributed by atoms with van der Waals surface area (Å²) < 4.78 is 1.95. The molecule has 0 bridgehead atoms. The van der Waals surface area contributed by atoms with E-state index in [0.29, 0.717) is 23.1 Å². The molecule has 3 N–H and O–H groups in total. The van der Waals surface area contributed by atoms with Crippen LogP contribution in [0.2, 0.25) is 0 Å². The number of benzene rings is 1. The zero-order valence-electron chi connectivity index (χ0n) is 13.9. The largest absolute Gasteiger partial charge is 0.507 e. The average molecular weight is 324 g/mol. The number of rotatable bonds is 4. The second-order valence-corrected chi connectivity index (χ2v) is 6.11. The third kappa shape index (κ3) is 2.61. The van der Waals surface area contributed by atoms with Crippen LogP contribution in [0.3, 0.4) is 0 Å². The number of carbonyl (C=O) groups excluding carboxylic acids is 1. The zero-order valence-corrected chi connectivity index (χ0v) is 13.9. The first-order chi connectivity index (χ1) is 11.4. The first kappa shape index (κ1) is 16.0. The van der Waals surface area contributed by atoms with Crippen molar-refractivity contribution in [1.82, 2.24) is 14.5 Å². The molecular weight excluding hydrogens is 304 g/mol. The summed E-state index contributed by atoms with van der Waals surface area (Å²) in [4.78, 5) is 18.1. The van der Waals surface area contributed by atoms with Gasteiger partial charge in [0.25, 0.3) is 5.91 Å². The van der Waals surface area contributed by atoms with E-state index >= 15 is 0 Å². The van der Waals surface area contributed by atoms with Gasteiger partial charge in [0, 0.05) is 53.7 Å². The topological polar surface area (TPSA) is 84.4 Å². The van der Waals surface area contributed by atoms with E-state index in [2.05, 4.69) is 4.98 Å². The highest BCUT2D eigenvalue weighted by atomic mass is 16.3. The Morgan fingerprint density at radius 2 is 2.12 bits per heavy atom. The highest BCUT2D eigenvalue weighted by Gasteiger charge is 2.21. The molecular formula is C18H20N4O2. The number of hydrogen-bond donors (Lipinski definition) is 2. The Bertz CT molecular complexity index is 914. The summed E-state index contributed by atoms with van der Waals surface area (Å²) in [5, 5.41) is 11.1. The Morgan fingerprint density at radius 1 is 1.38 bits per heavy atom. The van der Waals surface area contributed by atoms with Gasteiger partial charge in [-0.3, -0.25) is 9.78 Å². The maximum atomic E-state index is 12.0. The van der Waals surface area contributed by atoms with Crippen LogP contribution >= 0.6 is 0 Å².